The number of nitrogens with zero attached hydrogens (tertiary/aromatic N) is 1. The van der Waals surface area contributed by atoms with Crippen LogP contribution in [0.5, 0.6) is 0 Å². The lowest BCUT2D eigenvalue weighted by Crippen LogP contribution is -2.46. The van der Waals surface area contributed by atoms with Gasteiger partial charge in [-0.25, -0.2) is 0 Å². The number of hydrogen-bond donors (Lipinski definition) is 0. The fourth-order valence-corrected chi connectivity index (χ4v) is 16.3. The van der Waals surface area contributed by atoms with Crippen molar-refractivity contribution in [1.82, 2.24) is 0 Å². The molecule has 7 aromatic carbocycles. The molecule has 0 fully saturated rings. The second-order valence-electron chi connectivity index (χ2n) is 12.5. The maximum absolute atomic E-state index is 7.12. The quantitative estimate of drug-likeness (QED) is 0.170. The number of aryl methyl sites for hydroxylation is 1. The minimum Gasteiger partial charge on any atom is -0.308 e. The Morgan fingerprint density at radius 1 is 0.396 bits per heavy atom. The van der Waals surface area contributed by atoms with Crippen molar-refractivity contribution >= 4 is 84.6 Å². The van der Waals surface area contributed by atoms with Gasteiger partial charge in [-0.1, -0.05) is 157 Å². The van der Waals surface area contributed by atoms with Crippen molar-refractivity contribution in [2.45, 2.75) is 6.92 Å². The second kappa shape index (κ2) is 11.4. The van der Waals surface area contributed by atoms with Crippen LogP contribution in [0.3, 0.4) is 0 Å². The molecular weight excluding hydrogens is 657 g/mol. The van der Waals surface area contributed by atoms with Gasteiger partial charge in [0.25, 0.3) is 0 Å². The SMILES string of the molecule is Cc1cc2c3c(c1)P(=S)(c1ccccc1)c1cc(-c4ccccc4)ccc1N3c1ccc(-c3ccccc3)cc1P2(=S)c1ccccc1. The molecule has 0 spiro atoms. The van der Waals surface area contributed by atoms with Gasteiger partial charge >= 0.3 is 0 Å². The Hall–Kier alpha value is -4.36. The molecular formula is C43H31NP2S2. The number of anilines is 3. The van der Waals surface area contributed by atoms with E-state index >= 15 is 0 Å². The van der Waals surface area contributed by atoms with E-state index in [-0.39, 0.29) is 0 Å². The molecule has 1 nitrogen and oxygen atoms in total. The summed E-state index contributed by atoms with van der Waals surface area (Å²) in [6.07, 6.45) is 0. The second-order valence-corrected chi connectivity index (χ2v) is 21.2. The summed E-state index contributed by atoms with van der Waals surface area (Å²) in [6, 6.07) is 56.5. The van der Waals surface area contributed by atoms with Gasteiger partial charge in [-0.05, 0) is 81.7 Å². The summed E-state index contributed by atoms with van der Waals surface area (Å²) in [7, 11) is 0. The molecule has 2 heterocycles. The van der Waals surface area contributed by atoms with E-state index in [1.54, 1.807) is 0 Å². The summed E-state index contributed by atoms with van der Waals surface area (Å²) in [5.41, 5.74) is 9.45. The molecule has 0 amide bonds. The van der Waals surface area contributed by atoms with Crippen LogP contribution in [-0.2, 0) is 23.6 Å². The Kier molecular flexibility index (Phi) is 7.05. The van der Waals surface area contributed by atoms with E-state index in [4.69, 9.17) is 23.6 Å². The Bertz CT molecular complexity index is 2290. The van der Waals surface area contributed by atoms with Crippen LogP contribution in [0.25, 0.3) is 22.3 Å². The van der Waals surface area contributed by atoms with E-state index in [2.05, 4.69) is 182 Å². The van der Waals surface area contributed by atoms with Gasteiger partial charge in [0.15, 0.2) is 0 Å². The molecule has 230 valence electrons. The molecule has 0 saturated heterocycles. The van der Waals surface area contributed by atoms with Gasteiger partial charge in [0.05, 0.1) is 17.1 Å². The highest BCUT2D eigenvalue weighted by Crippen LogP contribution is 2.61. The van der Waals surface area contributed by atoms with Crippen LogP contribution in [0.15, 0.2) is 170 Å². The fraction of sp³-hybridized carbons (Fsp3) is 0.0233. The van der Waals surface area contributed by atoms with Crippen molar-refractivity contribution in [2.75, 3.05) is 4.90 Å². The molecule has 2 aliphatic rings. The summed E-state index contributed by atoms with van der Waals surface area (Å²) in [5.74, 6) is 0. The molecule has 9 rings (SSSR count). The maximum atomic E-state index is 7.12. The van der Waals surface area contributed by atoms with E-state index in [1.807, 2.05) is 0 Å². The van der Waals surface area contributed by atoms with Gasteiger partial charge in [-0.2, -0.15) is 0 Å². The number of fused-ring (bicyclic) bond motifs is 4. The first kappa shape index (κ1) is 29.8. The standard InChI is InChI=1S/C43H31NP2S2/c1-30-26-41-43-42(27-30)46(48,36-20-12-5-13-21-36)40-29-34(32-16-8-3-9-17-32)23-25-38(40)44(43)37-24-22-33(31-14-6-2-7-15-31)28-39(37)45(41,47)35-18-10-4-11-19-35/h2-29H,1H3. The summed E-state index contributed by atoms with van der Waals surface area (Å²) in [5, 5.41) is 7.33. The van der Waals surface area contributed by atoms with Crippen LogP contribution in [0, 0.1) is 6.92 Å². The van der Waals surface area contributed by atoms with Gasteiger partial charge in [-0.3, -0.25) is 0 Å². The molecule has 5 heteroatoms. The van der Waals surface area contributed by atoms with E-state index in [0.29, 0.717) is 0 Å². The Labute approximate surface area is 292 Å². The largest absolute Gasteiger partial charge is 0.308 e. The molecule has 7 aromatic rings. The van der Waals surface area contributed by atoms with Crippen LogP contribution in [0.1, 0.15) is 5.56 Å². The summed E-state index contributed by atoms with van der Waals surface area (Å²) >= 11 is 14.2. The lowest BCUT2D eigenvalue weighted by molar-refractivity contribution is 1.31. The Morgan fingerprint density at radius 2 is 0.771 bits per heavy atom. The van der Waals surface area contributed by atoms with Crippen molar-refractivity contribution in [3.63, 3.8) is 0 Å². The highest BCUT2D eigenvalue weighted by Gasteiger charge is 2.46. The Morgan fingerprint density at radius 3 is 1.17 bits per heavy atom. The van der Waals surface area contributed by atoms with Crippen molar-refractivity contribution in [3.05, 3.63) is 175 Å². The lowest BCUT2D eigenvalue weighted by atomic mass is 10.0. The first-order valence-corrected chi connectivity index (χ1v) is 21.8. The van der Waals surface area contributed by atoms with Crippen molar-refractivity contribution in [1.29, 1.82) is 0 Å². The van der Waals surface area contributed by atoms with Crippen molar-refractivity contribution < 1.29 is 0 Å². The van der Waals surface area contributed by atoms with Crippen LogP contribution < -0.4 is 36.7 Å². The van der Waals surface area contributed by atoms with Gasteiger partial charge in [0.2, 0.25) is 0 Å². The highest BCUT2D eigenvalue weighted by atomic mass is 32.4. The van der Waals surface area contributed by atoms with Crippen molar-refractivity contribution in [2.24, 2.45) is 0 Å². The van der Waals surface area contributed by atoms with Gasteiger partial charge in [-0.15, -0.1) is 0 Å². The summed E-state index contributed by atoms with van der Waals surface area (Å²) in [6.45, 7) is 2.21. The number of benzene rings is 7. The molecule has 0 N–H and O–H groups in total. The van der Waals surface area contributed by atoms with E-state index in [9.17, 15) is 0 Å². The van der Waals surface area contributed by atoms with Gasteiger partial charge in [0, 0.05) is 33.3 Å². The zero-order valence-electron chi connectivity index (χ0n) is 26.3. The molecule has 2 atom stereocenters. The molecule has 2 unspecified atom stereocenters. The smallest absolute Gasteiger partial charge is 0.0643 e. The normalized spacial score (nSPS) is 18.8. The molecule has 0 aliphatic carbocycles. The molecule has 0 bridgehead atoms. The molecule has 2 aliphatic heterocycles. The maximum Gasteiger partial charge on any atom is 0.0643 e. The van der Waals surface area contributed by atoms with Crippen LogP contribution in [0.2, 0.25) is 0 Å². The third kappa shape index (κ3) is 4.36. The first-order valence-electron chi connectivity index (χ1n) is 16.2. The molecule has 0 radical (unpaired) electrons. The summed E-state index contributed by atoms with van der Waals surface area (Å²) < 4.78 is 0. The van der Waals surface area contributed by atoms with Gasteiger partial charge in [0.1, 0.15) is 0 Å². The average Bonchev–Trinajstić information content (AvgIpc) is 3.15. The summed E-state index contributed by atoms with van der Waals surface area (Å²) in [4.78, 5) is 2.50. The highest BCUT2D eigenvalue weighted by molar-refractivity contribution is 8.27. The van der Waals surface area contributed by atoms with Crippen LogP contribution in [0.4, 0.5) is 17.1 Å². The molecule has 0 aromatic heterocycles. The third-order valence-electron chi connectivity index (χ3n) is 9.68. The monoisotopic (exact) mass is 687 g/mol. The predicted octanol–water partition coefficient (Wildman–Crippen LogP) is 8.94. The van der Waals surface area contributed by atoms with E-state index in [0.717, 1.165) is 11.4 Å². The lowest BCUT2D eigenvalue weighted by Gasteiger charge is -2.47. The average molecular weight is 688 g/mol. The van der Waals surface area contributed by atoms with E-state index < -0.39 is 12.1 Å². The van der Waals surface area contributed by atoms with Crippen LogP contribution >= 0.6 is 12.1 Å². The zero-order chi connectivity index (χ0) is 32.5. The van der Waals surface area contributed by atoms with Gasteiger partial charge < -0.3 is 4.90 Å². The van der Waals surface area contributed by atoms with Crippen molar-refractivity contribution in [3.8, 4) is 22.3 Å². The topological polar surface area (TPSA) is 3.24 Å². The Balaban J connectivity index is 1.42. The minimum atomic E-state index is -2.52. The third-order valence-corrected chi connectivity index (χ3v) is 19.5. The number of hydrogen-bond acceptors (Lipinski definition) is 3. The zero-order valence-corrected chi connectivity index (χ0v) is 29.7. The predicted molar refractivity (Wildman–Crippen MR) is 216 cm³/mol. The molecule has 0 saturated carbocycles. The molecule has 48 heavy (non-hydrogen) atoms. The fourth-order valence-electron chi connectivity index (χ4n) is 7.46. The van der Waals surface area contributed by atoms with Crippen LogP contribution in [-0.4, -0.2) is 0 Å². The van der Waals surface area contributed by atoms with E-state index in [1.165, 1.54) is 65.3 Å². The minimum absolute atomic E-state index is 1.16. The number of rotatable bonds is 4. The first-order chi connectivity index (χ1) is 23.5.